The summed E-state index contributed by atoms with van der Waals surface area (Å²) in [6.07, 6.45) is 0. The van der Waals surface area contributed by atoms with E-state index >= 15 is 0 Å². The van der Waals surface area contributed by atoms with Crippen molar-refractivity contribution < 1.29 is 19.2 Å². The summed E-state index contributed by atoms with van der Waals surface area (Å²) in [4.78, 5) is 35.1. The number of benzene rings is 3. The second kappa shape index (κ2) is 12.4. The zero-order valence-corrected chi connectivity index (χ0v) is 20.1. The predicted octanol–water partition coefficient (Wildman–Crippen LogP) is 5.36. The highest BCUT2D eigenvalue weighted by molar-refractivity contribution is 7.99. The molecule has 1 atom stereocenters. The van der Waals surface area contributed by atoms with Gasteiger partial charge in [-0.25, -0.2) is 4.79 Å². The molecule has 3 amide bonds. The van der Waals surface area contributed by atoms with E-state index in [1.807, 2.05) is 37.3 Å². The van der Waals surface area contributed by atoms with E-state index < -0.39 is 4.92 Å². The van der Waals surface area contributed by atoms with Gasteiger partial charge in [-0.05, 0) is 48.4 Å². The number of carbonyl (C=O) groups is 2. The Balaban J connectivity index is 1.45. The molecule has 0 radical (unpaired) electrons. The van der Waals surface area contributed by atoms with Crippen LogP contribution < -0.4 is 20.7 Å². The number of amides is 3. The molecule has 10 heteroatoms. The lowest BCUT2D eigenvalue weighted by atomic mass is 10.1. The van der Waals surface area contributed by atoms with Gasteiger partial charge < -0.3 is 20.7 Å². The first kappa shape index (κ1) is 25.6. The first-order chi connectivity index (χ1) is 16.9. The van der Waals surface area contributed by atoms with Crippen LogP contribution in [0.4, 0.5) is 21.9 Å². The number of methoxy groups -OCH3 is 1. The van der Waals surface area contributed by atoms with Crippen LogP contribution in [0.5, 0.6) is 5.75 Å². The third-order valence-electron chi connectivity index (χ3n) is 5.02. The van der Waals surface area contributed by atoms with Gasteiger partial charge in [0.25, 0.3) is 0 Å². The lowest BCUT2D eigenvalue weighted by molar-refractivity contribution is -0.385. The molecule has 0 heterocycles. The summed E-state index contributed by atoms with van der Waals surface area (Å²) in [5.74, 6) is 0.727. The molecule has 9 nitrogen and oxygen atoms in total. The Morgan fingerprint density at radius 1 is 1.00 bits per heavy atom. The van der Waals surface area contributed by atoms with Gasteiger partial charge in [0.05, 0.1) is 23.8 Å². The minimum absolute atomic E-state index is 0.0980. The summed E-state index contributed by atoms with van der Waals surface area (Å²) >= 11 is 1.37. The Bertz CT molecular complexity index is 1170. The van der Waals surface area contributed by atoms with Gasteiger partial charge in [-0.2, -0.15) is 0 Å². The molecule has 3 N–H and O–H groups in total. The molecule has 3 aromatic rings. The monoisotopic (exact) mass is 494 g/mol. The molecule has 0 bridgehead atoms. The number of rotatable bonds is 10. The molecule has 0 aliphatic rings. The number of nitro groups is 1. The van der Waals surface area contributed by atoms with Crippen LogP contribution >= 0.6 is 11.8 Å². The fourth-order valence-electron chi connectivity index (χ4n) is 3.27. The van der Waals surface area contributed by atoms with Crippen molar-refractivity contribution in [2.24, 2.45) is 0 Å². The summed E-state index contributed by atoms with van der Waals surface area (Å²) in [5.41, 5.74) is 2.86. The number of para-hydroxylation sites is 1. The van der Waals surface area contributed by atoms with Gasteiger partial charge in [-0.15, -0.1) is 11.8 Å². The van der Waals surface area contributed by atoms with Crippen molar-refractivity contribution in [1.82, 2.24) is 5.32 Å². The molecular formula is C25H26N4O5S. The molecule has 1 unspecified atom stereocenters. The topological polar surface area (TPSA) is 123 Å². The Kier molecular flexibility index (Phi) is 9.08. The predicted molar refractivity (Wildman–Crippen MR) is 138 cm³/mol. The average molecular weight is 495 g/mol. The van der Waals surface area contributed by atoms with E-state index in [0.29, 0.717) is 17.1 Å². The number of urea groups is 1. The fraction of sp³-hybridized carbons (Fsp3) is 0.200. The summed E-state index contributed by atoms with van der Waals surface area (Å²) in [5, 5.41) is 19.6. The zero-order valence-electron chi connectivity index (χ0n) is 19.3. The van der Waals surface area contributed by atoms with Crippen molar-refractivity contribution in [1.29, 1.82) is 0 Å². The van der Waals surface area contributed by atoms with Crippen molar-refractivity contribution in [3.63, 3.8) is 0 Å². The van der Waals surface area contributed by atoms with E-state index in [-0.39, 0.29) is 35.2 Å². The number of carbonyl (C=O) groups excluding carboxylic acids is 2. The van der Waals surface area contributed by atoms with Crippen LogP contribution in [0, 0.1) is 10.1 Å². The number of hydrogen-bond acceptors (Lipinski definition) is 6. The first-order valence-corrected chi connectivity index (χ1v) is 11.9. The molecule has 0 spiro atoms. The highest BCUT2D eigenvalue weighted by atomic mass is 32.2. The maximum Gasteiger partial charge on any atom is 0.323 e. The minimum atomic E-state index is -0.488. The van der Waals surface area contributed by atoms with Crippen molar-refractivity contribution in [2.45, 2.75) is 18.7 Å². The molecule has 3 rings (SSSR count). The number of hydrogen-bond donors (Lipinski definition) is 3. The van der Waals surface area contributed by atoms with Gasteiger partial charge in [0, 0.05) is 23.2 Å². The van der Waals surface area contributed by atoms with Crippen LogP contribution in [0.25, 0.3) is 0 Å². The van der Waals surface area contributed by atoms with Gasteiger partial charge in [-0.3, -0.25) is 14.9 Å². The van der Waals surface area contributed by atoms with Crippen LogP contribution in [0.15, 0.2) is 72.8 Å². The molecular weight excluding hydrogens is 468 g/mol. The van der Waals surface area contributed by atoms with E-state index in [2.05, 4.69) is 16.0 Å². The minimum Gasteiger partial charge on any atom is -0.490 e. The molecule has 182 valence electrons. The van der Waals surface area contributed by atoms with E-state index in [4.69, 9.17) is 4.74 Å². The van der Waals surface area contributed by atoms with E-state index in [9.17, 15) is 19.7 Å². The van der Waals surface area contributed by atoms with Crippen LogP contribution in [0.3, 0.4) is 0 Å². The Morgan fingerprint density at radius 2 is 1.66 bits per heavy atom. The maximum atomic E-state index is 12.4. The van der Waals surface area contributed by atoms with Crippen LogP contribution in [0.1, 0.15) is 24.1 Å². The number of anilines is 2. The van der Waals surface area contributed by atoms with E-state index in [1.54, 1.807) is 36.4 Å². The largest absolute Gasteiger partial charge is 0.490 e. The lowest BCUT2D eigenvalue weighted by Gasteiger charge is -2.15. The lowest BCUT2D eigenvalue weighted by Crippen LogP contribution is -2.28. The van der Waals surface area contributed by atoms with Crippen LogP contribution in [-0.4, -0.2) is 29.7 Å². The fourth-order valence-corrected chi connectivity index (χ4v) is 4.05. The summed E-state index contributed by atoms with van der Waals surface area (Å²) in [7, 11) is 1.38. The maximum absolute atomic E-state index is 12.4. The van der Waals surface area contributed by atoms with Gasteiger partial charge in [0.15, 0.2) is 5.75 Å². The van der Waals surface area contributed by atoms with Gasteiger partial charge >= 0.3 is 11.7 Å². The molecule has 3 aromatic carbocycles. The number of thioether (sulfide) groups is 1. The Hall–Kier alpha value is -4.05. The van der Waals surface area contributed by atoms with Crippen molar-refractivity contribution in [2.75, 3.05) is 23.5 Å². The summed E-state index contributed by atoms with van der Waals surface area (Å²) in [6, 6.07) is 20.6. The highest BCUT2D eigenvalue weighted by Crippen LogP contribution is 2.29. The molecule has 0 aromatic heterocycles. The zero-order chi connectivity index (χ0) is 25.2. The second-order valence-corrected chi connectivity index (χ2v) is 8.60. The average Bonchev–Trinajstić information content (AvgIpc) is 2.84. The second-order valence-electron chi connectivity index (χ2n) is 7.61. The standard InChI is InChI=1S/C25H26N4O5S/c1-17(19-9-11-21(12-10-19)28-25(31)27-20-6-4-3-5-7-20)26-24(30)16-35-15-18-8-13-23(34-2)22(14-18)29(32)33/h3-14,17H,15-16H2,1-2H3,(H,26,30)(H2,27,28,31). The van der Waals surface area contributed by atoms with Crippen LogP contribution in [-0.2, 0) is 10.5 Å². The van der Waals surface area contributed by atoms with E-state index in [1.165, 1.54) is 24.9 Å². The third kappa shape index (κ3) is 7.75. The van der Waals surface area contributed by atoms with E-state index in [0.717, 1.165) is 11.1 Å². The van der Waals surface area contributed by atoms with Gasteiger partial charge in [-0.1, -0.05) is 36.4 Å². The highest BCUT2D eigenvalue weighted by Gasteiger charge is 2.16. The van der Waals surface area contributed by atoms with Gasteiger partial charge in [0.1, 0.15) is 0 Å². The molecule has 0 saturated carbocycles. The molecule has 35 heavy (non-hydrogen) atoms. The third-order valence-corrected chi connectivity index (χ3v) is 6.02. The SMILES string of the molecule is COc1ccc(CSCC(=O)NC(C)c2ccc(NC(=O)Nc3ccccc3)cc2)cc1[N+](=O)[O-]. The summed E-state index contributed by atoms with van der Waals surface area (Å²) < 4.78 is 5.00. The molecule has 0 fully saturated rings. The van der Waals surface area contributed by atoms with Crippen molar-refractivity contribution in [3.05, 3.63) is 94.0 Å². The quantitative estimate of drug-likeness (QED) is 0.258. The van der Waals surface area contributed by atoms with Crippen molar-refractivity contribution >= 4 is 40.8 Å². The smallest absolute Gasteiger partial charge is 0.323 e. The molecule has 0 aliphatic heterocycles. The molecule has 0 saturated heterocycles. The van der Waals surface area contributed by atoms with Crippen molar-refractivity contribution in [3.8, 4) is 5.75 Å². The first-order valence-electron chi connectivity index (χ1n) is 10.8. The number of nitrogens with one attached hydrogen (secondary N) is 3. The Morgan fingerprint density at radius 3 is 2.29 bits per heavy atom. The number of nitrogens with zero attached hydrogens (tertiary/aromatic N) is 1. The normalized spacial score (nSPS) is 11.3. The van der Waals surface area contributed by atoms with Gasteiger partial charge in [0.2, 0.25) is 5.91 Å². The molecule has 0 aliphatic carbocycles. The van der Waals surface area contributed by atoms with Crippen LogP contribution in [0.2, 0.25) is 0 Å². The number of nitro benzene ring substituents is 1. The number of ether oxygens (including phenoxy) is 1. The summed E-state index contributed by atoms with van der Waals surface area (Å²) in [6.45, 7) is 1.87. The Labute approximate surface area is 207 Å².